The molecule has 0 spiro atoms. The van der Waals surface area contributed by atoms with Crippen molar-refractivity contribution in [3.05, 3.63) is 53.2 Å². The first-order valence-corrected chi connectivity index (χ1v) is 5.26. The maximum atomic E-state index is 11.8. The molecule has 0 atom stereocenters. The molecule has 0 aromatic heterocycles. The minimum absolute atomic E-state index is 0. The van der Waals surface area contributed by atoms with Crippen molar-refractivity contribution in [2.75, 3.05) is 0 Å². The van der Waals surface area contributed by atoms with Gasteiger partial charge in [-0.15, -0.1) is 0 Å². The molecule has 2 N–H and O–H groups in total. The fourth-order valence-corrected chi connectivity index (χ4v) is 2.06. The van der Waals surface area contributed by atoms with Gasteiger partial charge in [0.05, 0.1) is 5.70 Å². The number of Topliss-reactive ketones (excluding diaryl/α,β-unsaturated/α-hetero) is 2. The van der Waals surface area contributed by atoms with Gasteiger partial charge in [0.1, 0.15) is 0 Å². The summed E-state index contributed by atoms with van der Waals surface area (Å²) in [6.45, 7) is 0. The molecule has 0 fully saturated rings. The third-order valence-corrected chi connectivity index (χ3v) is 2.94. The maximum absolute atomic E-state index is 11.8. The second-order valence-corrected chi connectivity index (χ2v) is 4.04. The van der Waals surface area contributed by atoms with Crippen molar-refractivity contribution in [1.82, 2.24) is 0 Å². The second-order valence-electron chi connectivity index (χ2n) is 4.04. The molecule has 1 aliphatic carbocycles. The van der Waals surface area contributed by atoms with E-state index in [2.05, 4.69) is 0 Å². The molecule has 0 amide bonds. The van der Waals surface area contributed by atoms with Gasteiger partial charge in [-0.25, -0.2) is 0 Å². The molecule has 0 saturated heterocycles. The summed E-state index contributed by atoms with van der Waals surface area (Å²) in [7, 11) is 0. The SMILES string of the molecule is NC1=Cc2cc3ccccc3cc2C(=O)C1=O.[Pt]. The van der Waals surface area contributed by atoms with E-state index >= 15 is 0 Å². The summed E-state index contributed by atoms with van der Waals surface area (Å²) in [4.78, 5) is 23.3. The summed E-state index contributed by atoms with van der Waals surface area (Å²) in [6.07, 6.45) is 1.56. The van der Waals surface area contributed by atoms with Gasteiger partial charge in [-0.05, 0) is 34.5 Å². The monoisotopic (exact) mass is 418 g/mol. The van der Waals surface area contributed by atoms with Crippen LogP contribution < -0.4 is 5.73 Å². The van der Waals surface area contributed by atoms with Crippen molar-refractivity contribution < 1.29 is 30.7 Å². The quantitative estimate of drug-likeness (QED) is 0.665. The second kappa shape index (κ2) is 4.50. The molecule has 92 valence electrons. The molecule has 0 aliphatic heterocycles. The molecule has 4 heteroatoms. The number of ketones is 2. The van der Waals surface area contributed by atoms with Crippen molar-refractivity contribution >= 4 is 28.4 Å². The molecule has 0 heterocycles. The molecular formula is C14H9NO2Pt. The van der Waals surface area contributed by atoms with Gasteiger partial charge in [0.2, 0.25) is 11.6 Å². The van der Waals surface area contributed by atoms with Crippen molar-refractivity contribution in [1.29, 1.82) is 0 Å². The first kappa shape index (κ1) is 12.7. The van der Waals surface area contributed by atoms with Gasteiger partial charge in [-0.3, -0.25) is 9.59 Å². The van der Waals surface area contributed by atoms with E-state index in [-0.39, 0.29) is 26.8 Å². The van der Waals surface area contributed by atoms with Crippen molar-refractivity contribution in [2.24, 2.45) is 5.73 Å². The fraction of sp³-hybridized carbons (Fsp3) is 0. The summed E-state index contributed by atoms with van der Waals surface area (Å²) < 4.78 is 0. The molecule has 0 unspecified atom stereocenters. The first-order valence-electron chi connectivity index (χ1n) is 5.26. The van der Waals surface area contributed by atoms with Gasteiger partial charge < -0.3 is 5.73 Å². The third-order valence-electron chi connectivity index (χ3n) is 2.94. The summed E-state index contributed by atoms with van der Waals surface area (Å²) in [5.74, 6) is -1.14. The largest absolute Gasteiger partial charge is 0.395 e. The van der Waals surface area contributed by atoms with Gasteiger partial charge >= 0.3 is 0 Å². The Balaban J connectivity index is 0.00000120. The van der Waals surface area contributed by atoms with E-state index in [4.69, 9.17) is 5.73 Å². The Morgan fingerprint density at radius 1 is 0.889 bits per heavy atom. The van der Waals surface area contributed by atoms with Crippen LogP contribution in [0.3, 0.4) is 0 Å². The van der Waals surface area contributed by atoms with Crippen LogP contribution in [0.4, 0.5) is 0 Å². The number of rotatable bonds is 0. The van der Waals surface area contributed by atoms with E-state index in [0.29, 0.717) is 11.1 Å². The zero-order valence-corrected chi connectivity index (χ0v) is 11.5. The number of fused-ring (bicyclic) bond motifs is 2. The maximum Gasteiger partial charge on any atom is 0.249 e. The minimum Gasteiger partial charge on any atom is -0.395 e. The Bertz CT molecular complexity index is 704. The summed E-state index contributed by atoms with van der Waals surface area (Å²) in [6, 6.07) is 11.3. The molecule has 0 radical (unpaired) electrons. The van der Waals surface area contributed by atoms with Gasteiger partial charge in [0, 0.05) is 26.6 Å². The Hall–Kier alpha value is -1.73. The van der Waals surface area contributed by atoms with Crippen molar-refractivity contribution in [2.45, 2.75) is 0 Å². The molecule has 3 rings (SSSR count). The Morgan fingerprint density at radius 3 is 2.17 bits per heavy atom. The fourth-order valence-electron chi connectivity index (χ4n) is 2.06. The average molecular weight is 418 g/mol. The van der Waals surface area contributed by atoms with Crippen molar-refractivity contribution in [3.63, 3.8) is 0 Å². The predicted molar refractivity (Wildman–Crippen MR) is 65.4 cm³/mol. The van der Waals surface area contributed by atoms with Crippen LogP contribution in [0.5, 0.6) is 0 Å². The van der Waals surface area contributed by atoms with Gasteiger partial charge in [0.15, 0.2) is 0 Å². The number of hydrogen-bond acceptors (Lipinski definition) is 3. The summed E-state index contributed by atoms with van der Waals surface area (Å²) >= 11 is 0. The molecular weight excluding hydrogens is 409 g/mol. The normalized spacial score (nSPS) is 13.9. The number of nitrogens with two attached hydrogens (primary N) is 1. The van der Waals surface area contributed by atoms with Crippen LogP contribution >= 0.6 is 0 Å². The molecule has 18 heavy (non-hydrogen) atoms. The van der Waals surface area contributed by atoms with Crippen LogP contribution in [-0.4, -0.2) is 11.6 Å². The number of allylic oxidation sites excluding steroid dienone is 1. The van der Waals surface area contributed by atoms with Gasteiger partial charge in [-0.1, -0.05) is 24.3 Å². The number of carbonyl (C=O) groups is 2. The number of benzene rings is 2. The molecule has 3 nitrogen and oxygen atoms in total. The number of hydrogen-bond donors (Lipinski definition) is 1. The van der Waals surface area contributed by atoms with Crippen LogP contribution in [0, 0.1) is 0 Å². The average Bonchev–Trinajstić information content (AvgIpc) is 2.34. The van der Waals surface area contributed by atoms with E-state index in [0.717, 1.165) is 10.8 Å². The molecule has 0 saturated carbocycles. The van der Waals surface area contributed by atoms with Crippen molar-refractivity contribution in [3.8, 4) is 0 Å². The molecule has 1 aliphatic rings. The van der Waals surface area contributed by atoms with E-state index in [1.165, 1.54) is 0 Å². The molecule has 2 aromatic carbocycles. The van der Waals surface area contributed by atoms with Crippen LogP contribution in [-0.2, 0) is 25.9 Å². The van der Waals surface area contributed by atoms with E-state index in [1.54, 1.807) is 12.1 Å². The Morgan fingerprint density at radius 2 is 1.50 bits per heavy atom. The third kappa shape index (κ3) is 1.81. The van der Waals surface area contributed by atoms with Gasteiger partial charge in [0.25, 0.3) is 0 Å². The van der Waals surface area contributed by atoms with Crippen LogP contribution in [0.15, 0.2) is 42.1 Å². The molecule has 0 bridgehead atoms. The van der Waals surface area contributed by atoms with Crippen LogP contribution in [0.1, 0.15) is 15.9 Å². The smallest absolute Gasteiger partial charge is 0.249 e. The van der Waals surface area contributed by atoms with E-state index < -0.39 is 11.6 Å². The van der Waals surface area contributed by atoms with Gasteiger partial charge in [-0.2, -0.15) is 0 Å². The first-order chi connectivity index (χ1) is 8.16. The van der Waals surface area contributed by atoms with E-state index in [9.17, 15) is 9.59 Å². The zero-order valence-electron chi connectivity index (χ0n) is 9.25. The van der Waals surface area contributed by atoms with Crippen LogP contribution in [0.2, 0.25) is 0 Å². The Labute approximate surface area is 118 Å². The topological polar surface area (TPSA) is 60.2 Å². The standard InChI is InChI=1S/C14H9NO2.Pt/c15-12-7-10-5-8-3-1-2-4-9(8)6-11(10)13(16)14(12)17;/h1-7H,15H2;. The summed E-state index contributed by atoms with van der Waals surface area (Å²) in [5, 5.41) is 1.97. The minimum atomic E-state index is -0.618. The number of carbonyl (C=O) groups excluding carboxylic acids is 2. The van der Waals surface area contributed by atoms with E-state index in [1.807, 2.05) is 30.3 Å². The zero-order chi connectivity index (χ0) is 12.0. The molecule has 2 aromatic rings. The Kier molecular flexibility index (Phi) is 3.18. The van der Waals surface area contributed by atoms with Crippen LogP contribution in [0.25, 0.3) is 16.8 Å². The summed E-state index contributed by atoms with van der Waals surface area (Å²) in [5.41, 5.74) is 6.68. The predicted octanol–water partition coefficient (Wildman–Crippen LogP) is 1.90.